The summed E-state index contributed by atoms with van der Waals surface area (Å²) in [6.07, 6.45) is 3.31. The van der Waals surface area contributed by atoms with Gasteiger partial charge >= 0.3 is 0 Å². The van der Waals surface area contributed by atoms with Gasteiger partial charge in [0, 0.05) is 68.7 Å². The smallest absolute Gasteiger partial charge is 0.272 e. The first-order valence-corrected chi connectivity index (χ1v) is 13.7. The highest BCUT2D eigenvalue weighted by molar-refractivity contribution is 5.94. The summed E-state index contributed by atoms with van der Waals surface area (Å²) in [5.41, 5.74) is 5.52. The van der Waals surface area contributed by atoms with Crippen LogP contribution in [0.4, 0.5) is 5.82 Å². The van der Waals surface area contributed by atoms with Crippen LogP contribution < -0.4 is 10.2 Å². The summed E-state index contributed by atoms with van der Waals surface area (Å²) in [5.74, 6) is 1.21. The molecular formula is C30H35N9O2. The topological polar surface area (TPSA) is 122 Å². The van der Waals surface area contributed by atoms with E-state index in [4.69, 9.17) is 5.10 Å². The Morgan fingerprint density at radius 1 is 1.05 bits per heavy atom. The van der Waals surface area contributed by atoms with Crippen LogP contribution in [0.15, 0.2) is 48.8 Å². The summed E-state index contributed by atoms with van der Waals surface area (Å²) >= 11 is 0. The molecule has 0 radical (unpaired) electrons. The van der Waals surface area contributed by atoms with E-state index in [2.05, 4.69) is 51.2 Å². The van der Waals surface area contributed by atoms with Crippen LogP contribution in [-0.4, -0.2) is 67.3 Å². The summed E-state index contributed by atoms with van der Waals surface area (Å²) in [4.78, 5) is 38.2. The predicted octanol–water partition coefficient (Wildman–Crippen LogP) is 3.77. The molecule has 0 spiro atoms. The van der Waals surface area contributed by atoms with Gasteiger partial charge in [0.1, 0.15) is 17.3 Å². The molecule has 5 rings (SSSR count). The van der Waals surface area contributed by atoms with Crippen molar-refractivity contribution in [2.75, 3.05) is 25.5 Å². The SMILES string of the molecule is Cc1ncc(-c2ccc(CNC(=O)c3nn(C(C)C)c4c3CN(c3ccc(C(=O)N(C)C)cn3)C[C@@H]4C)cc2)nn1. The highest BCUT2D eigenvalue weighted by Gasteiger charge is 2.33. The number of anilines is 1. The van der Waals surface area contributed by atoms with E-state index in [1.807, 2.05) is 35.0 Å². The third-order valence-corrected chi connectivity index (χ3v) is 7.17. The van der Waals surface area contributed by atoms with Gasteiger partial charge in [0.2, 0.25) is 0 Å². The number of hydrogen-bond acceptors (Lipinski definition) is 8. The van der Waals surface area contributed by atoms with E-state index in [9.17, 15) is 9.59 Å². The molecule has 212 valence electrons. The summed E-state index contributed by atoms with van der Waals surface area (Å²) in [7, 11) is 3.44. The number of hydrogen-bond donors (Lipinski definition) is 1. The van der Waals surface area contributed by atoms with Crippen LogP contribution in [-0.2, 0) is 13.1 Å². The fraction of sp³-hybridized carbons (Fsp3) is 0.367. The van der Waals surface area contributed by atoms with Crippen LogP contribution in [0, 0.1) is 6.92 Å². The van der Waals surface area contributed by atoms with Gasteiger partial charge in [-0.2, -0.15) is 5.10 Å². The molecule has 0 saturated carbocycles. The number of fused-ring (bicyclic) bond motifs is 1. The van der Waals surface area contributed by atoms with E-state index in [-0.39, 0.29) is 23.8 Å². The van der Waals surface area contributed by atoms with E-state index in [0.29, 0.717) is 35.9 Å². The monoisotopic (exact) mass is 553 g/mol. The van der Waals surface area contributed by atoms with Crippen LogP contribution in [0.2, 0.25) is 0 Å². The average Bonchev–Trinajstić information content (AvgIpc) is 3.37. The molecule has 1 aliphatic heterocycles. The van der Waals surface area contributed by atoms with Crippen LogP contribution in [0.1, 0.15) is 76.2 Å². The van der Waals surface area contributed by atoms with Crippen molar-refractivity contribution >= 4 is 17.6 Å². The molecule has 11 nitrogen and oxygen atoms in total. The highest BCUT2D eigenvalue weighted by Crippen LogP contribution is 2.34. The Morgan fingerprint density at radius 3 is 2.41 bits per heavy atom. The van der Waals surface area contributed by atoms with Crippen LogP contribution >= 0.6 is 0 Å². The van der Waals surface area contributed by atoms with Gasteiger partial charge in [-0.3, -0.25) is 14.3 Å². The van der Waals surface area contributed by atoms with Crippen LogP contribution in [0.25, 0.3) is 11.3 Å². The van der Waals surface area contributed by atoms with Crippen molar-refractivity contribution in [2.45, 2.75) is 52.7 Å². The molecule has 1 N–H and O–H groups in total. The molecule has 0 bridgehead atoms. The van der Waals surface area contributed by atoms with Crippen molar-refractivity contribution in [3.05, 3.63) is 82.7 Å². The Labute approximate surface area is 239 Å². The van der Waals surface area contributed by atoms with Gasteiger partial charge in [-0.1, -0.05) is 31.2 Å². The van der Waals surface area contributed by atoms with Crippen molar-refractivity contribution in [1.82, 2.24) is 40.2 Å². The fourth-order valence-corrected chi connectivity index (χ4v) is 5.07. The summed E-state index contributed by atoms with van der Waals surface area (Å²) in [6.45, 7) is 9.69. The zero-order chi connectivity index (χ0) is 29.3. The van der Waals surface area contributed by atoms with Gasteiger partial charge in [-0.05, 0) is 38.5 Å². The predicted molar refractivity (Wildman–Crippen MR) is 156 cm³/mol. The summed E-state index contributed by atoms with van der Waals surface area (Å²) in [6, 6.07) is 11.6. The first kappa shape index (κ1) is 27.9. The molecule has 1 aromatic carbocycles. The van der Waals surface area contributed by atoms with Crippen LogP contribution in [0.3, 0.4) is 0 Å². The van der Waals surface area contributed by atoms with E-state index < -0.39 is 0 Å². The maximum atomic E-state index is 13.5. The van der Waals surface area contributed by atoms with Crippen molar-refractivity contribution < 1.29 is 9.59 Å². The van der Waals surface area contributed by atoms with Gasteiger partial charge in [0.15, 0.2) is 5.69 Å². The minimum Gasteiger partial charge on any atom is -0.351 e. The quantitative estimate of drug-likeness (QED) is 0.367. The minimum absolute atomic E-state index is 0.0917. The third-order valence-electron chi connectivity index (χ3n) is 7.17. The lowest BCUT2D eigenvalue weighted by Gasteiger charge is -2.33. The van der Waals surface area contributed by atoms with Crippen molar-refractivity contribution in [1.29, 1.82) is 0 Å². The molecular weight excluding hydrogens is 518 g/mol. The number of nitrogens with one attached hydrogen (secondary N) is 1. The van der Waals surface area contributed by atoms with E-state index in [0.717, 1.165) is 34.7 Å². The molecule has 1 atom stereocenters. The summed E-state index contributed by atoms with van der Waals surface area (Å²) < 4.78 is 1.98. The molecule has 2 amide bonds. The van der Waals surface area contributed by atoms with Gasteiger partial charge in [0.25, 0.3) is 11.8 Å². The zero-order valence-electron chi connectivity index (χ0n) is 24.3. The standard InChI is InChI=1S/C30H35N9O2/c1-18(2)39-28-19(3)16-38(26-12-11-23(14-32-26)30(41)37(5)6)17-24(28)27(36-39)29(40)33-13-21-7-9-22(10-8-21)25-15-31-20(4)34-35-25/h7-12,14-15,18-19H,13,16-17H2,1-6H3,(H,33,40)/t19-/m0/s1. The number of benzene rings is 1. The molecule has 0 unspecified atom stereocenters. The van der Waals surface area contributed by atoms with Gasteiger partial charge < -0.3 is 15.1 Å². The molecule has 41 heavy (non-hydrogen) atoms. The molecule has 3 aromatic heterocycles. The summed E-state index contributed by atoms with van der Waals surface area (Å²) in [5, 5.41) is 16.0. The van der Waals surface area contributed by atoms with E-state index in [1.165, 1.54) is 4.90 Å². The molecule has 4 heterocycles. The Hall–Kier alpha value is -4.67. The number of aryl methyl sites for hydroxylation is 1. The molecule has 4 aromatic rings. The van der Waals surface area contributed by atoms with Crippen molar-refractivity contribution in [2.24, 2.45) is 0 Å². The van der Waals surface area contributed by atoms with E-state index >= 15 is 0 Å². The molecule has 11 heteroatoms. The molecule has 1 aliphatic rings. The third kappa shape index (κ3) is 5.79. The Morgan fingerprint density at radius 2 is 1.80 bits per heavy atom. The van der Waals surface area contributed by atoms with Crippen molar-refractivity contribution in [3.63, 3.8) is 0 Å². The van der Waals surface area contributed by atoms with Gasteiger partial charge in [-0.15, -0.1) is 10.2 Å². The number of rotatable bonds is 7. The number of amides is 2. The van der Waals surface area contributed by atoms with Gasteiger partial charge in [-0.25, -0.2) is 9.97 Å². The maximum Gasteiger partial charge on any atom is 0.272 e. The molecule has 0 fully saturated rings. The number of carbonyl (C=O) groups excluding carboxylic acids is 2. The average molecular weight is 554 g/mol. The second-order valence-electron chi connectivity index (χ2n) is 10.9. The largest absolute Gasteiger partial charge is 0.351 e. The Bertz CT molecular complexity index is 1540. The number of pyridine rings is 1. The normalized spacial score (nSPS) is 14.6. The number of aromatic nitrogens is 6. The second-order valence-corrected chi connectivity index (χ2v) is 10.9. The molecule has 0 saturated heterocycles. The maximum absolute atomic E-state index is 13.5. The number of nitrogens with zero attached hydrogens (tertiary/aromatic N) is 8. The first-order valence-electron chi connectivity index (χ1n) is 13.7. The van der Waals surface area contributed by atoms with Gasteiger partial charge in [0.05, 0.1) is 11.8 Å². The van der Waals surface area contributed by atoms with Crippen LogP contribution in [0.5, 0.6) is 0 Å². The lowest BCUT2D eigenvalue weighted by molar-refractivity contribution is 0.0826. The minimum atomic E-state index is -0.215. The second kappa shape index (κ2) is 11.4. The number of carbonyl (C=O) groups is 2. The van der Waals surface area contributed by atoms with E-state index in [1.54, 1.807) is 39.5 Å². The molecule has 0 aliphatic carbocycles. The van der Waals surface area contributed by atoms with Crippen molar-refractivity contribution in [3.8, 4) is 11.3 Å². The Balaban J connectivity index is 1.34. The lowest BCUT2D eigenvalue weighted by atomic mass is 9.95. The lowest BCUT2D eigenvalue weighted by Crippen LogP contribution is -2.35. The Kier molecular flexibility index (Phi) is 7.78. The first-order chi connectivity index (χ1) is 19.6. The zero-order valence-corrected chi connectivity index (χ0v) is 24.3. The highest BCUT2D eigenvalue weighted by atomic mass is 16.2. The fourth-order valence-electron chi connectivity index (χ4n) is 5.07.